The molecule has 0 amide bonds. The fraction of sp³-hybridized carbons (Fsp3) is 1.00. The van der Waals surface area contributed by atoms with Crippen LogP contribution in [0.5, 0.6) is 0 Å². The first-order valence-electron chi connectivity index (χ1n) is 6.57. The standard InChI is InChI=1S/C13H24O2/c1-2-15-13-8-11(9-13)7-12(14)6-10-4-3-5-10/h10-14H,2-9H2,1H3. The highest BCUT2D eigenvalue weighted by molar-refractivity contribution is 4.83. The number of hydrogen-bond acceptors (Lipinski definition) is 2. The van der Waals surface area contributed by atoms with E-state index in [4.69, 9.17) is 4.74 Å². The molecule has 0 saturated heterocycles. The van der Waals surface area contributed by atoms with Crippen LogP contribution in [-0.4, -0.2) is 23.9 Å². The van der Waals surface area contributed by atoms with E-state index in [9.17, 15) is 5.11 Å². The van der Waals surface area contributed by atoms with Crippen LogP contribution in [0.3, 0.4) is 0 Å². The number of hydrogen-bond donors (Lipinski definition) is 1. The summed E-state index contributed by atoms with van der Waals surface area (Å²) < 4.78 is 5.52. The molecule has 1 unspecified atom stereocenters. The van der Waals surface area contributed by atoms with Gasteiger partial charge in [0, 0.05) is 6.61 Å². The summed E-state index contributed by atoms with van der Waals surface area (Å²) in [5.74, 6) is 1.57. The van der Waals surface area contributed by atoms with Gasteiger partial charge >= 0.3 is 0 Å². The summed E-state index contributed by atoms with van der Waals surface area (Å²) in [6.45, 7) is 2.89. The second-order valence-corrected chi connectivity index (χ2v) is 5.34. The Hall–Kier alpha value is -0.0800. The van der Waals surface area contributed by atoms with Crippen LogP contribution in [0.15, 0.2) is 0 Å². The smallest absolute Gasteiger partial charge is 0.0580 e. The molecule has 0 heterocycles. The molecule has 0 aromatic rings. The minimum Gasteiger partial charge on any atom is -0.393 e. The Kier molecular flexibility index (Phi) is 4.04. The third-order valence-corrected chi connectivity index (χ3v) is 4.03. The van der Waals surface area contributed by atoms with Crippen LogP contribution in [-0.2, 0) is 4.74 Å². The molecule has 88 valence electrons. The molecule has 2 aliphatic carbocycles. The first kappa shape index (κ1) is 11.4. The van der Waals surface area contributed by atoms with E-state index in [1.165, 1.54) is 32.1 Å². The first-order valence-corrected chi connectivity index (χ1v) is 6.57. The fourth-order valence-corrected chi connectivity index (χ4v) is 2.83. The van der Waals surface area contributed by atoms with E-state index in [0.29, 0.717) is 6.10 Å². The maximum absolute atomic E-state index is 9.90. The van der Waals surface area contributed by atoms with Gasteiger partial charge in [-0.1, -0.05) is 19.3 Å². The second kappa shape index (κ2) is 5.31. The van der Waals surface area contributed by atoms with Crippen LogP contribution in [0.4, 0.5) is 0 Å². The molecule has 1 N–H and O–H groups in total. The third-order valence-electron chi connectivity index (χ3n) is 4.03. The molecule has 2 heteroatoms. The number of aliphatic hydroxyl groups excluding tert-OH is 1. The van der Waals surface area contributed by atoms with Crippen molar-refractivity contribution < 1.29 is 9.84 Å². The molecule has 0 spiro atoms. The van der Waals surface area contributed by atoms with Crippen LogP contribution in [0.2, 0.25) is 0 Å². The van der Waals surface area contributed by atoms with Gasteiger partial charge in [-0.05, 0) is 44.4 Å². The molecule has 15 heavy (non-hydrogen) atoms. The topological polar surface area (TPSA) is 29.5 Å². The summed E-state index contributed by atoms with van der Waals surface area (Å²) in [4.78, 5) is 0. The first-order chi connectivity index (χ1) is 7.28. The predicted molar refractivity (Wildman–Crippen MR) is 60.7 cm³/mol. The Bertz CT molecular complexity index is 183. The van der Waals surface area contributed by atoms with Crippen molar-refractivity contribution in [2.45, 2.75) is 64.1 Å². The van der Waals surface area contributed by atoms with Crippen molar-refractivity contribution in [3.63, 3.8) is 0 Å². The highest BCUT2D eigenvalue weighted by Crippen LogP contribution is 2.36. The van der Waals surface area contributed by atoms with Gasteiger partial charge in [-0.2, -0.15) is 0 Å². The zero-order valence-corrected chi connectivity index (χ0v) is 9.82. The molecular formula is C13H24O2. The van der Waals surface area contributed by atoms with Crippen LogP contribution >= 0.6 is 0 Å². The van der Waals surface area contributed by atoms with Crippen LogP contribution in [0.25, 0.3) is 0 Å². The molecule has 2 rings (SSSR count). The lowest BCUT2D eigenvalue weighted by molar-refractivity contribution is -0.0406. The molecule has 0 bridgehead atoms. The SMILES string of the molecule is CCOC1CC(CC(O)CC2CCC2)C1. The Morgan fingerprint density at radius 3 is 2.40 bits per heavy atom. The largest absolute Gasteiger partial charge is 0.393 e. The summed E-state index contributed by atoms with van der Waals surface area (Å²) in [6.07, 6.45) is 8.96. The van der Waals surface area contributed by atoms with E-state index >= 15 is 0 Å². The van der Waals surface area contributed by atoms with E-state index in [0.717, 1.165) is 31.3 Å². The Morgan fingerprint density at radius 1 is 1.20 bits per heavy atom. The summed E-state index contributed by atoms with van der Waals surface area (Å²) in [5, 5.41) is 9.90. The zero-order valence-electron chi connectivity index (χ0n) is 9.82. The van der Waals surface area contributed by atoms with Crippen molar-refractivity contribution in [2.75, 3.05) is 6.61 Å². The minimum absolute atomic E-state index is 0.0390. The number of rotatable bonds is 6. The van der Waals surface area contributed by atoms with Gasteiger partial charge in [-0.15, -0.1) is 0 Å². The van der Waals surface area contributed by atoms with E-state index in [1.54, 1.807) is 0 Å². The maximum Gasteiger partial charge on any atom is 0.0580 e. The molecule has 2 fully saturated rings. The molecule has 2 aliphatic rings. The summed E-state index contributed by atoms with van der Waals surface area (Å²) >= 11 is 0. The van der Waals surface area contributed by atoms with Crippen molar-refractivity contribution in [1.29, 1.82) is 0 Å². The van der Waals surface area contributed by atoms with Gasteiger partial charge in [0.15, 0.2) is 0 Å². The van der Waals surface area contributed by atoms with Gasteiger partial charge in [-0.25, -0.2) is 0 Å². The van der Waals surface area contributed by atoms with Gasteiger partial charge in [0.25, 0.3) is 0 Å². The van der Waals surface area contributed by atoms with E-state index in [1.807, 2.05) is 0 Å². The molecule has 0 aliphatic heterocycles. The number of aliphatic hydroxyl groups is 1. The Morgan fingerprint density at radius 2 is 1.87 bits per heavy atom. The van der Waals surface area contributed by atoms with E-state index in [-0.39, 0.29) is 6.10 Å². The lowest BCUT2D eigenvalue weighted by Gasteiger charge is -2.37. The molecule has 2 saturated carbocycles. The zero-order chi connectivity index (χ0) is 10.7. The van der Waals surface area contributed by atoms with Crippen LogP contribution < -0.4 is 0 Å². The van der Waals surface area contributed by atoms with Crippen LogP contribution in [0, 0.1) is 11.8 Å². The van der Waals surface area contributed by atoms with Crippen molar-refractivity contribution >= 4 is 0 Å². The predicted octanol–water partition coefficient (Wildman–Crippen LogP) is 2.74. The highest BCUT2D eigenvalue weighted by Gasteiger charge is 2.32. The summed E-state index contributed by atoms with van der Waals surface area (Å²) in [6, 6.07) is 0. The average molecular weight is 212 g/mol. The van der Waals surface area contributed by atoms with Crippen molar-refractivity contribution in [1.82, 2.24) is 0 Å². The lowest BCUT2D eigenvalue weighted by Crippen LogP contribution is -2.34. The third kappa shape index (κ3) is 3.18. The van der Waals surface area contributed by atoms with Gasteiger partial charge in [-0.3, -0.25) is 0 Å². The Labute approximate surface area is 93.0 Å². The lowest BCUT2D eigenvalue weighted by atomic mass is 9.75. The molecule has 0 aromatic heterocycles. The average Bonchev–Trinajstić information content (AvgIpc) is 2.08. The number of ether oxygens (including phenoxy) is 1. The van der Waals surface area contributed by atoms with E-state index < -0.39 is 0 Å². The summed E-state index contributed by atoms with van der Waals surface area (Å²) in [5.41, 5.74) is 0. The van der Waals surface area contributed by atoms with Gasteiger partial charge in [0.2, 0.25) is 0 Å². The quantitative estimate of drug-likeness (QED) is 0.733. The van der Waals surface area contributed by atoms with Crippen molar-refractivity contribution in [3.05, 3.63) is 0 Å². The highest BCUT2D eigenvalue weighted by atomic mass is 16.5. The summed E-state index contributed by atoms with van der Waals surface area (Å²) in [7, 11) is 0. The molecular weight excluding hydrogens is 188 g/mol. The Balaban J connectivity index is 1.53. The van der Waals surface area contributed by atoms with Crippen LogP contribution in [0.1, 0.15) is 51.9 Å². The van der Waals surface area contributed by atoms with Gasteiger partial charge in [0.1, 0.15) is 0 Å². The fourth-order valence-electron chi connectivity index (χ4n) is 2.83. The molecule has 0 radical (unpaired) electrons. The second-order valence-electron chi connectivity index (χ2n) is 5.34. The maximum atomic E-state index is 9.90. The monoisotopic (exact) mass is 212 g/mol. The van der Waals surface area contributed by atoms with Crippen molar-refractivity contribution in [2.24, 2.45) is 11.8 Å². The minimum atomic E-state index is -0.0390. The molecule has 0 aromatic carbocycles. The van der Waals surface area contributed by atoms with Gasteiger partial charge < -0.3 is 9.84 Å². The molecule has 1 atom stereocenters. The molecule has 2 nitrogen and oxygen atoms in total. The van der Waals surface area contributed by atoms with Crippen molar-refractivity contribution in [3.8, 4) is 0 Å². The normalized spacial score (nSPS) is 33.2. The van der Waals surface area contributed by atoms with E-state index in [2.05, 4.69) is 6.92 Å². The van der Waals surface area contributed by atoms with Gasteiger partial charge in [0.05, 0.1) is 12.2 Å².